The number of hydrogen-bond acceptors (Lipinski definition) is 7. The number of carbonyl (C=O) groups is 1. The molecule has 0 spiro atoms. The zero-order valence-electron chi connectivity index (χ0n) is 24.5. The van der Waals surface area contributed by atoms with E-state index in [1.54, 1.807) is 72.3 Å². The molecule has 0 saturated carbocycles. The maximum Gasteiger partial charge on any atom is 0.516 e. The Kier molecular flexibility index (Phi) is 7.16. The van der Waals surface area contributed by atoms with E-state index in [0.717, 1.165) is 0 Å². The van der Waals surface area contributed by atoms with Gasteiger partial charge in [0.15, 0.2) is 17.4 Å². The summed E-state index contributed by atoms with van der Waals surface area (Å²) in [6, 6.07) is 31.0. The van der Waals surface area contributed by atoms with E-state index >= 15 is 0 Å². The molecule has 0 unspecified atom stereocenters. The minimum Gasteiger partial charge on any atom is -0.455 e. The third-order valence-corrected chi connectivity index (χ3v) is 8.68. The molecule has 1 heterocycles. The van der Waals surface area contributed by atoms with Crippen LogP contribution in [-0.2, 0) is 10.0 Å². The van der Waals surface area contributed by atoms with E-state index in [0.29, 0.717) is 44.9 Å². The van der Waals surface area contributed by atoms with Crippen LogP contribution in [-0.4, -0.2) is 29.7 Å². The van der Waals surface area contributed by atoms with Crippen LogP contribution in [0.4, 0.5) is 30.2 Å². The number of halogens is 3. The lowest BCUT2D eigenvalue weighted by molar-refractivity contribution is -0.0429. The Bertz CT molecular complexity index is 2310. The molecule has 47 heavy (non-hydrogen) atoms. The van der Waals surface area contributed by atoms with Gasteiger partial charge in [0.25, 0.3) is 0 Å². The highest BCUT2D eigenvalue weighted by molar-refractivity contribution is 7.93. The zero-order valence-corrected chi connectivity index (χ0v) is 25.3. The van der Waals surface area contributed by atoms with Crippen LogP contribution in [0.3, 0.4) is 0 Å². The third kappa shape index (κ3) is 5.42. The summed E-state index contributed by atoms with van der Waals surface area (Å²) in [5.74, 6) is 0.332. The first-order valence-corrected chi connectivity index (χ1v) is 15.8. The molecule has 0 bridgehead atoms. The highest BCUT2D eigenvalue weighted by Gasteiger charge is 2.46. The van der Waals surface area contributed by atoms with Crippen LogP contribution in [0.5, 0.6) is 11.5 Å². The van der Waals surface area contributed by atoms with Gasteiger partial charge < -0.3 is 10.1 Å². The number of nitrogens with zero attached hydrogens (tertiary/aromatic N) is 2. The van der Waals surface area contributed by atoms with Crippen molar-refractivity contribution in [3.05, 3.63) is 126 Å². The van der Waals surface area contributed by atoms with Gasteiger partial charge in [0, 0.05) is 33.8 Å². The molecule has 6 aromatic rings. The van der Waals surface area contributed by atoms with E-state index < -0.39 is 15.5 Å². The number of fused-ring (bicyclic) bond motifs is 2. The smallest absolute Gasteiger partial charge is 0.455 e. The molecule has 1 aliphatic rings. The maximum absolute atomic E-state index is 14.2. The van der Waals surface area contributed by atoms with Crippen LogP contribution < -0.4 is 14.8 Å². The second-order valence-corrected chi connectivity index (χ2v) is 12.5. The first-order chi connectivity index (χ1) is 22.5. The number of carbonyl (C=O) groups excluding carboxylic acids is 1. The number of sulfonamides is 1. The molecule has 5 aromatic carbocycles. The number of aryl methyl sites for hydroxylation is 1. The average Bonchev–Trinajstić information content (AvgIpc) is 3.04. The second kappa shape index (κ2) is 11.2. The predicted molar refractivity (Wildman–Crippen MR) is 173 cm³/mol. The summed E-state index contributed by atoms with van der Waals surface area (Å²) in [6.45, 7) is 1.61. The largest absolute Gasteiger partial charge is 0.516 e. The average molecular weight is 653 g/mol. The number of benzene rings is 5. The van der Waals surface area contributed by atoms with E-state index in [1.165, 1.54) is 12.1 Å². The van der Waals surface area contributed by atoms with Gasteiger partial charge in [-0.3, -0.25) is 9.52 Å². The Hall–Kier alpha value is -5.75. The molecule has 0 saturated heterocycles. The quantitative estimate of drug-likeness (QED) is 0.177. The predicted octanol–water partition coefficient (Wildman–Crippen LogP) is 8.61. The maximum atomic E-state index is 14.2. The zero-order chi connectivity index (χ0) is 32.9. The number of aromatic nitrogens is 2. The number of ketones is 1. The first-order valence-electron chi connectivity index (χ1n) is 14.3. The van der Waals surface area contributed by atoms with E-state index in [4.69, 9.17) is 14.7 Å². The summed E-state index contributed by atoms with van der Waals surface area (Å²) in [4.78, 5) is 23.7. The summed E-state index contributed by atoms with van der Waals surface area (Å²) in [6.07, 6.45) is 0. The van der Waals surface area contributed by atoms with Gasteiger partial charge in [-0.05, 0) is 48.9 Å². The molecular formula is C35H23F3N4O4S. The molecule has 0 amide bonds. The van der Waals surface area contributed by atoms with E-state index in [2.05, 4.69) is 5.32 Å². The minimum atomic E-state index is -5.78. The van der Waals surface area contributed by atoms with Crippen molar-refractivity contribution in [3.63, 3.8) is 0 Å². The van der Waals surface area contributed by atoms with E-state index in [9.17, 15) is 26.4 Å². The topological polar surface area (TPSA) is 110 Å². The second-order valence-electron chi connectivity index (χ2n) is 10.8. The number of ether oxygens (including phenoxy) is 1. The molecule has 0 radical (unpaired) electrons. The SMILES string of the molecule is Cc1ccc(-c2nc3c4c(c(Nc5ccccc5)cc(Oc5ccccc5)c4n2)C(=O)c2ccccc2-3)c(NS(=O)(=O)C(F)(F)F)c1. The fraction of sp³-hybridized carbons (Fsp3) is 0.0571. The van der Waals surface area contributed by atoms with Crippen LogP contribution in [0.2, 0.25) is 0 Å². The number of rotatable bonds is 7. The van der Waals surface area contributed by atoms with Crippen molar-refractivity contribution in [2.45, 2.75) is 12.4 Å². The van der Waals surface area contributed by atoms with Gasteiger partial charge in [-0.1, -0.05) is 66.7 Å². The van der Waals surface area contributed by atoms with Gasteiger partial charge in [-0.25, -0.2) is 9.97 Å². The Balaban J connectivity index is 1.54. The summed E-state index contributed by atoms with van der Waals surface area (Å²) < 4.78 is 72.8. The highest BCUT2D eigenvalue weighted by Crippen LogP contribution is 2.47. The van der Waals surface area contributed by atoms with E-state index in [-0.39, 0.29) is 39.7 Å². The number of para-hydroxylation sites is 2. The molecule has 8 nitrogen and oxygen atoms in total. The Morgan fingerprint density at radius 1 is 0.745 bits per heavy atom. The van der Waals surface area contributed by atoms with E-state index in [1.807, 2.05) is 36.4 Å². The van der Waals surface area contributed by atoms with Crippen molar-refractivity contribution in [2.75, 3.05) is 10.0 Å². The van der Waals surface area contributed by atoms with Gasteiger partial charge in [0.1, 0.15) is 11.3 Å². The Morgan fingerprint density at radius 2 is 1.40 bits per heavy atom. The molecule has 12 heteroatoms. The normalized spacial score (nSPS) is 12.5. The van der Waals surface area contributed by atoms with Crippen molar-refractivity contribution in [2.24, 2.45) is 0 Å². The van der Waals surface area contributed by atoms with Crippen LogP contribution in [0.15, 0.2) is 109 Å². The summed E-state index contributed by atoms with van der Waals surface area (Å²) in [7, 11) is -5.78. The number of anilines is 3. The molecule has 0 fully saturated rings. The molecule has 1 aliphatic carbocycles. The monoisotopic (exact) mass is 652 g/mol. The summed E-state index contributed by atoms with van der Waals surface area (Å²) in [5.41, 5.74) is -2.63. The van der Waals surface area contributed by atoms with Gasteiger partial charge in [-0.15, -0.1) is 0 Å². The minimum absolute atomic E-state index is 0.00495. The molecule has 234 valence electrons. The Labute approximate surface area is 267 Å². The lowest BCUT2D eigenvalue weighted by Gasteiger charge is -2.24. The molecule has 2 N–H and O–H groups in total. The molecular weight excluding hydrogens is 629 g/mol. The third-order valence-electron chi connectivity index (χ3n) is 7.58. The van der Waals surface area contributed by atoms with Gasteiger partial charge >= 0.3 is 15.5 Å². The van der Waals surface area contributed by atoms with Crippen LogP contribution in [0.25, 0.3) is 33.5 Å². The number of nitrogens with one attached hydrogen (secondary N) is 2. The molecule has 0 atom stereocenters. The van der Waals surface area contributed by atoms with Crippen LogP contribution in [0, 0.1) is 6.92 Å². The van der Waals surface area contributed by atoms with Crippen molar-refractivity contribution in [1.29, 1.82) is 0 Å². The lowest BCUT2D eigenvalue weighted by atomic mass is 9.85. The van der Waals surface area contributed by atoms with Crippen molar-refractivity contribution in [1.82, 2.24) is 9.97 Å². The fourth-order valence-corrected chi connectivity index (χ4v) is 6.04. The van der Waals surface area contributed by atoms with Gasteiger partial charge in [-0.2, -0.15) is 21.6 Å². The number of hydrogen-bond donors (Lipinski definition) is 2. The summed E-state index contributed by atoms with van der Waals surface area (Å²) >= 11 is 0. The van der Waals surface area contributed by atoms with Crippen molar-refractivity contribution in [3.8, 4) is 34.1 Å². The molecule has 0 aliphatic heterocycles. The van der Waals surface area contributed by atoms with Crippen LogP contribution >= 0.6 is 0 Å². The molecule has 7 rings (SSSR count). The number of alkyl halides is 3. The first kappa shape index (κ1) is 29.9. The summed E-state index contributed by atoms with van der Waals surface area (Å²) in [5, 5.41) is 3.70. The highest BCUT2D eigenvalue weighted by atomic mass is 32.2. The molecule has 1 aromatic heterocycles. The lowest BCUT2D eigenvalue weighted by Crippen LogP contribution is -2.30. The fourth-order valence-electron chi connectivity index (χ4n) is 5.46. The van der Waals surface area contributed by atoms with Gasteiger partial charge in [0.05, 0.1) is 22.6 Å². The van der Waals surface area contributed by atoms with Gasteiger partial charge in [0.2, 0.25) is 0 Å². The van der Waals surface area contributed by atoms with Crippen molar-refractivity contribution >= 4 is 43.8 Å². The van der Waals surface area contributed by atoms with Crippen molar-refractivity contribution < 1.29 is 31.1 Å². The Morgan fingerprint density at radius 3 is 2.11 bits per heavy atom. The standard InChI is InChI=1S/C35H23F3N4O4S/c1-20-16-17-25(26(18-20)42-47(44,45)35(36,37)38)34-40-31-23-14-8-9-15-24(23)33(43)29-27(39-21-10-4-2-5-11-21)19-28(32(41-34)30(29)31)46-22-12-6-3-7-13-22/h2-19,39,42H,1H3. The van der Waals surface area contributed by atoms with Crippen LogP contribution in [0.1, 0.15) is 21.5 Å².